The fourth-order valence-electron chi connectivity index (χ4n) is 1.35. The molecule has 0 saturated heterocycles. The Kier molecular flexibility index (Phi) is 1.26. The summed E-state index contributed by atoms with van der Waals surface area (Å²) in [6.45, 7) is 2.23. The van der Waals surface area contributed by atoms with E-state index in [2.05, 4.69) is 37.3 Å². The molecule has 1 radical (unpaired) electrons. The second-order valence-corrected chi connectivity index (χ2v) is 3.01. The molecule has 0 bridgehead atoms. The molecule has 0 amide bonds. The van der Waals surface area contributed by atoms with Crippen LogP contribution in [0.2, 0.25) is 0 Å². The van der Waals surface area contributed by atoms with Gasteiger partial charge in [0, 0.05) is 0 Å². The van der Waals surface area contributed by atoms with Crippen LogP contribution in [0.1, 0.15) is 24.8 Å². The minimum atomic E-state index is 0.793. The van der Waals surface area contributed by atoms with Crippen molar-refractivity contribution >= 4 is 0 Å². The van der Waals surface area contributed by atoms with Crippen LogP contribution in [-0.4, -0.2) is 0 Å². The van der Waals surface area contributed by atoms with Gasteiger partial charge in [-0.3, -0.25) is 0 Å². The fourth-order valence-corrected chi connectivity index (χ4v) is 1.35. The standard InChI is InChI=1S/C10H11/c1-8-7-10(8)9-5-3-2-4-6-9/h2-6,10H,7H2,1H3. The average Bonchev–Trinajstić information content (AvgIpc) is 2.69. The Labute approximate surface area is 61.9 Å². The molecule has 1 aromatic carbocycles. The molecule has 1 fully saturated rings. The van der Waals surface area contributed by atoms with Gasteiger partial charge in [0.15, 0.2) is 0 Å². The first-order valence-electron chi connectivity index (χ1n) is 3.75. The summed E-state index contributed by atoms with van der Waals surface area (Å²) in [6.07, 6.45) is 1.31. The van der Waals surface area contributed by atoms with Crippen LogP contribution in [0.3, 0.4) is 0 Å². The first-order chi connectivity index (χ1) is 4.88. The Morgan fingerprint density at radius 2 is 1.80 bits per heavy atom. The van der Waals surface area contributed by atoms with Crippen molar-refractivity contribution in [2.75, 3.05) is 0 Å². The van der Waals surface area contributed by atoms with Crippen molar-refractivity contribution in [1.29, 1.82) is 0 Å². The highest BCUT2D eigenvalue weighted by atomic mass is 14.4. The van der Waals surface area contributed by atoms with Crippen LogP contribution in [0.5, 0.6) is 0 Å². The summed E-state index contributed by atoms with van der Waals surface area (Å²) >= 11 is 0. The van der Waals surface area contributed by atoms with Crippen molar-refractivity contribution < 1.29 is 0 Å². The van der Waals surface area contributed by atoms with Crippen LogP contribution in [0, 0.1) is 5.92 Å². The number of hydrogen-bond donors (Lipinski definition) is 0. The first-order valence-corrected chi connectivity index (χ1v) is 3.75. The van der Waals surface area contributed by atoms with Gasteiger partial charge in [0.1, 0.15) is 0 Å². The summed E-state index contributed by atoms with van der Waals surface area (Å²) in [6, 6.07) is 10.7. The van der Waals surface area contributed by atoms with Gasteiger partial charge < -0.3 is 0 Å². The molecule has 0 heterocycles. The number of benzene rings is 1. The lowest BCUT2D eigenvalue weighted by Crippen LogP contribution is -1.76. The Bertz CT molecular complexity index is 213. The molecule has 0 spiro atoms. The predicted molar refractivity (Wildman–Crippen MR) is 42.7 cm³/mol. The topological polar surface area (TPSA) is 0 Å². The fraction of sp³-hybridized carbons (Fsp3) is 0.300. The highest BCUT2D eigenvalue weighted by molar-refractivity contribution is 5.34. The van der Waals surface area contributed by atoms with Gasteiger partial charge in [0.25, 0.3) is 0 Å². The van der Waals surface area contributed by atoms with Gasteiger partial charge in [-0.1, -0.05) is 37.3 Å². The Balaban J connectivity index is 2.20. The summed E-state index contributed by atoms with van der Waals surface area (Å²) in [5.74, 6) is 2.42. The molecule has 0 aromatic heterocycles. The maximum Gasteiger partial charge on any atom is -0.00967 e. The molecule has 51 valence electrons. The van der Waals surface area contributed by atoms with E-state index in [1.54, 1.807) is 5.92 Å². The van der Waals surface area contributed by atoms with Crippen LogP contribution in [0.15, 0.2) is 30.3 Å². The van der Waals surface area contributed by atoms with E-state index >= 15 is 0 Å². The molecule has 1 atom stereocenters. The van der Waals surface area contributed by atoms with Crippen LogP contribution in [0.4, 0.5) is 0 Å². The maximum absolute atomic E-state index is 2.23. The lowest BCUT2D eigenvalue weighted by atomic mass is 10.1. The van der Waals surface area contributed by atoms with Crippen LogP contribution in [-0.2, 0) is 0 Å². The lowest BCUT2D eigenvalue weighted by Gasteiger charge is -1.94. The number of rotatable bonds is 1. The smallest absolute Gasteiger partial charge is 0.00967 e. The van der Waals surface area contributed by atoms with Crippen molar-refractivity contribution in [2.24, 2.45) is 0 Å². The zero-order valence-corrected chi connectivity index (χ0v) is 6.17. The van der Waals surface area contributed by atoms with E-state index in [0.717, 1.165) is 5.92 Å². The first kappa shape index (κ1) is 5.96. The zero-order valence-electron chi connectivity index (χ0n) is 6.17. The third-order valence-electron chi connectivity index (χ3n) is 2.16. The SMILES string of the molecule is C[C]1CC1c1ccccc1. The zero-order chi connectivity index (χ0) is 6.97. The molecule has 1 aromatic rings. The summed E-state index contributed by atoms with van der Waals surface area (Å²) < 4.78 is 0. The van der Waals surface area contributed by atoms with E-state index in [4.69, 9.17) is 0 Å². The third kappa shape index (κ3) is 0.942. The minimum absolute atomic E-state index is 0.793. The molecule has 0 N–H and O–H groups in total. The second kappa shape index (κ2) is 2.12. The molecular weight excluding hydrogens is 120 g/mol. The van der Waals surface area contributed by atoms with Gasteiger partial charge in [-0.2, -0.15) is 0 Å². The predicted octanol–water partition coefficient (Wildman–Crippen LogP) is 2.77. The molecule has 10 heavy (non-hydrogen) atoms. The highest BCUT2D eigenvalue weighted by Crippen LogP contribution is 2.48. The molecule has 1 aliphatic rings. The van der Waals surface area contributed by atoms with E-state index in [0.29, 0.717) is 0 Å². The van der Waals surface area contributed by atoms with Gasteiger partial charge in [0.2, 0.25) is 0 Å². The van der Waals surface area contributed by atoms with Gasteiger partial charge in [0.05, 0.1) is 0 Å². The third-order valence-corrected chi connectivity index (χ3v) is 2.16. The average molecular weight is 131 g/mol. The second-order valence-electron chi connectivity index (χ2n) is 3.01. The van der Waals surface area contributed by atoms with Crippen molar-refractivity contribution in [3.8, 4) is 0 Å². The molecule has 2 rings (SSSR count). The lowest BCUT2D eigenvalue weighted by molar-refractivity contribution is 1.13. The molecule has 0 heteroatoms. The van der Waals surface area contributed by atoms with E-state index in [-0.39, 0.29) is 0 Å². The molecule has 1 saturated carbocycles. The van der Waals surface area contributed by atoms with Gasteiger partial charge in [-0.15, -0.1) is 0 Å². The highest BCUT2D eigenvalue weighted by Gasteiger charge is 2.33. The normalized spacial score (nSPS) is 24.7. The van der Waals surface area contributed by atoms with E-state index < -0.39 is 0 Å². The molecule has 0 nitrogen and oxygen atoms in total. The van der Waals surface area contributed by atoms with Crippen molar-refractivity contribution in [1.82, 2.24) is 0 Å². The minimum Gasteiger partial charge on any atom is -0.0622 e. The van der Waals surface area contributed by atoms with Gasteiger partial charge in [-0.25, -0.2) is 0 Å². The van der Waals surface area contributed by atoms with Crippen molar-refractivity contribution in [3.63, 3.8) is 0 Å². The molecule has 1 unspecified atom stereocenters. The molecular formula is C10H11. The van der Waals surface area contributed by atoms with Crippen LogP contribution >= 0.6 is 0 Å². The quantitative estimate of drug-likeness (QED) is 0.549. The summed E-state index contributed by atoms with van der Waals surface area (Å²) in [5.41, 5.74) is 1.49. The summed E-state index contributed by atoms with van der Waals surface area (Å²) in [4.78, 5) is 0. The Morgan fingerprint density at radius 1 is 1.20 bits per heavy atom. The Hall–Kier alpha value is -0.780. The maximum atomic E-state index is 2.23. The summed E-state index contributed by atoms with van der Waals surface area (Å²) in [5, 5.41) is 0. The van der Waals surface area contributed by atoms with Crippen LogP contribution in [0.25, 0.3) is 0 Å². The number of hydrogen-bond acceptors (Lipinski definition) is 0. The molecule has 0 aliphatic heterocycles. The van der Waals surface area contributed by atoms with Crippen LogP contribution < -0.4 is 0 Å². The van der Waals surface area contributed by atoms with Crippen molar-refractivity contribution in [3.05, 3.63) is 41.8 Å². The Morgan fingerprint density at radius 3 is 2.30 bits per heavy atom. The van der Waals surface area contributed by atoms with Crippen molar-refractivity contribution in [2.45, 2.75) is 19.3 Å². The van der Waals surface area contributed by atoms with E-state index in [1.165, 1.54) is 12.0 Å². The monoisotopic (exact) mass is 131 g/mol. The molecule has 1 aliphatic carbocycles. The van der Waals surface area contributed by atoms with E-state index in [9.17, 15) is 0 Å². The summed E-state index contributed by atoms with van der Waals surface area (Å²) in [7, 11) is 0. The van der Waals surface area contributed by atoms with E-state index in [1.807, 2.05) is 0 Å². The van der Waals surface area contributed by atoms with Gasteiger partial charge >= 0.3 is 0 Å². The largest absolute Gasteiger partial charge is 0.0622 e. The van der Waals surface area contributed by atoms with Gasteiger partial charge in [-0.05, 0) is 23.8 Å².